The molecular formula is C16H26FNO. The Morgan fingerprint density at radius 3 is 2.68 bits per heavy atom. The van der Waals surface area contributed by atoms with Gasteiger partial charge in [0.1, 0.15) is 0 Å². The van der Waals surface area contributed by atoms with E-state index in [-0.39, 0.29) is 5.82 Å². The van der Waals surface area contributed by atoms with E-state index in [4.69, 9.17) is 4.74 Å². The van der Waals surface area contributed by atoms with Crippen LogP contribution in [0.3, 0.4) is 0 Å². The second-order valence-corrected chi connectivity index (χ2v) is 4.81. The fourth-order valence-electron chi connectivity index (χ4n) is 1.96. The van der Waals surface area contributed by atoms with Crippen LogP contribution in [0, 0.1) is 5.82 Å². The van der Waals surface area contributed by atoms with Crippen LogP contribution in [0.15, 0.2) is 18.2 Å². The van der Waals surface area contributed by atoms with Crippen molar-refractivity contribution in [3.63, 3.8) is 0 Å². The minimum Gasteiger partial charge on any atom is -0.490 e. The molecule has 108 valence electrons. The number of hydrogen-bond acceptors (Lipinski definition) is 2. The topological polar surface area (TPSA) is 21.3 Å². The Balaban J connectivity index is 2.49. The molecule has 0 aliphatic carbocycles. The summed E-state index contributed by atoms with van der Waals surface area (Å²) in [5, 5.41) is 3.28. The SMILES string of the molecule is CCCCCCOc1c(F)cccc1CNCCC. The first kappa shape index (κ1) is 16.0. The quantitative estimate of drug-likeness (QED) is 0.639. The molecule has 0 spiro atoms. The second kappa shape index (κ2) is 9.79. The lowest BCUT2D eigenvalue weighted by molar-refractivity contribution is 0.286. The minimum atomic E-state index is -0.258. The number of para-hydroxylation sites is 1. The Labute approximate surface area is 116 Å². The van der Waals surface area contributed by atoms with E-state index in [9.17, 15) is 4.39 Å². The fourth-order valence-corrected chi connectivity index (χ4v) is 1.96. The molecule has 0 heterocycles. The zero-order valence-corrected chi connectivity index (χ0v) is 12.2. The lowest BCUT2D eigenvalue weighted by Gasteiger charge is -2.13. The van der Waals surface area contributed by atoms with Crippen molar-refractivity contribution in [3.05, 3.63) is 29.6 Å². The third-order valence-electron chi connectivity index (χ3n) is 3.04. The van der Waals surface area contributed by atoms with E-state index in [1.807, 2.05) is 6.07 Å². The van der Waals surface area contributed by atoms with Crippen LogP contribution in [0.25, 0.3) is 0 Å². The molecule has 0 radical (unpaired) electrons. The van der Waals surface area contributed by atoms with Crippen molar-refractivity contribution in [1.82, 2.24) is 5.32 Å². The van der Waals surface area contributed by atoms with Gasteiger partial charge in [0.25, 0.3) is 0 Å². The molecule has 0 bridgehead atoms. The van der Waals surface area contributed by atoms with Gasteiger partial charge in [0.2, 0.25) is 0 Å². The Bertz CT molecular complexity index is 355. The van der Waals surface area contributed by atoms with Crippen molar-refractivity contribution in [3.8, 4) is 5.75 Å². The third kappa shape index (κ3) is 6.06. The number of hydrogen-bond donors (Lipinski definition) is 1. The molecule has 0 atom stereocenters. The molecule has 1 aromatic rings. The molecule has 0 fully saturated rings. The molecule has 1 N–H and O–H groups in total. The molecule has 0 amide bonds. The highest BCUT2D eigenvalue weighted by Gasteiger charge is 2.09. The van der Waals surface area contributed by atoms with Crippen LogP contribution in [0.1, 0.15) is 51.5 Å². The largest absolute Gasteiger partial charge is 0.490 e. The van der Waals surface area contributed by atoms with Crippen molar-refractivity contribution in [2.45, 2.75) is 52.5 Å². The number of benzene rings is 1. The molecule has 0 saturated heterocycles. The maximum Gasteiger partial charge on any atom is 0.165 e. The van der Waals surface area contributed by atoms with Crippen LogP contribution >= 0.6 is 0 Å². The van der Waals surface area contributed by atoms with Gasteiger partial charge in [-0.05, 0) is 25.5 Å². The van der Waals surface area contributed by atoms with Crippen molar-refractivity contribution in [1.29, 1.82) is 0 Å². The monoisotopic (exact) mass is 267 g/mol. The van der Waals surface area contributed by atoms with E-state index in [0.717, 1.165) is 31.4 Å². The zero-order chi connectivity index (χ0) is 13.9. The summed E-state index contributed by atoms with van der Waals surface area (Å²) < 4.78 is 19.4. The average Bonchev–Trinajstić information content (AvgIpc) is 2.41. The van der Waals surface area contributed by atoms with Gasteiger partial charge in [-0.15, -0.1) is 0 Å². The van der Waals surface area contributed by atoms with Gasteiger partial charge in [-0.3, -0.25) is 0 Å². The van der Waals surface area contributed by atoms with Gasteiger partial charge < -0.3 is 10.1 Å². The Hall–Kier alpha value is -1.09. The molecule has 2 nitrogen and oxygen atoms in total. The van der Waals surface area contributed by atoms with Crippen molar-refractivity contribution >= 4 is 0 Å². The van der Waals surface area contributed by atoms with Crippen LogP contribution in [-0.4, -0.2) is 13.2 Å². The Morgan fingerprint density at radius 1 is 1.11 bits per heavy atom. The summed E-state index contributed by atoms with van der Waals surface area (Å²) in [7, 11) is 0. The van der Waals surface area contributed by atoms with Crippen LogP contribution in [0.4, 0.5) is 4.39 Å². The highest BCUT2D eigenvalue weighted by molar-refractivity contribution is 5.34. The van der Waals surface area contributed by atoms with Crippen molar-refractivity contribution in [2.24, 2.45) is 0 Å². The maximum atomic E-state index is 13.8. The highest BCUT2D eigenvalue weighted by Crippen LogP contribution is 2.23. The summed E-state index contributed by atoms with van der Waals surface area (Å²) >= 11 is 0. The number of nitrogens with one attached hydrogen (secondary N) is 1. The average molecular weight is 267 g/mol. The van der Waals surface area contributed by atoms with E-state index in [1.165, 1.54) is 18.9 Å². The lowest BCUT2D eigenvalue weighted by atomic mass is 10.2. The summed E-state index contributed by atoms with van der Waals surface area (Å²) in [6, 6.07) is 5.13. The number of ether oxygens (including phenoxy) is 1. The van der Waals surface area contributed by atoms with Gasteiger partial charge >= 0.3 is 0 Å². The Morgan fingerprint density at radius 2 is 1.95 bits per heavy atom. The van der Waals surface area contributed by atoms with E-state index in [1.54, 1.807) is 6.07 Å². The van der Waals surface area contributed by atoms with Crippen molar-refractivity contribution in [2.75, 3.05) is 13.2 Å². The normalized spacial score (nSPS) is 10.7. The predicted molar refractivity (Wildman–Crippen MR) is 78.0 cm³/mol. The molecule has 1 aromatic carbocycles. The fraction of sp³-hybridized carbons (Fsp3) is 0.625. The first-order chi connectivity index (χ1) is 9.29. The van der Waals surface area contributed by atoms with E-state index < -0.39 is 0 Å². The first-order valence-electron chi connectivity index (χ1n) is 7.40. The van der Waals surface area contributed by atoms with Gasteiger partial charge in [0.15, 0.2) is 11.6 Å². The standard InChI is InChI=1S/C16H26FNO/c1-3-5-6-7-12-19-16-14(13-18-11-4-2)9-8-10-15(16)17/h8-10,18H,3-7,11-13H2,1-2H3. The van der Waals surface area contributed by atoms with E-state index in [2.05, 4.69) is 19.2 Å². The predicted octanol–water partition coefficient (Wildman–Crippen LogP) is 4.28. The van der Waals surface area contributed by atoms with Crippen LogP contribution < -0.4 is 10.1 Å². The molecular weight excluding hydrogens is 241 g/mol. The summed E-state index contributed by atoms with van der Waals surface area (Å²) in [5.74, 6) is 0.161. The summed E-state index contributed by atoms with van der Waals surface area (Å²) in [6.07, 6.45) is 5.62. The molecule has 1 rings (SSSR count). The van der Waals surface area contributed by atoms with Gasteiger partial charge in [-0.25, -0.2) is 4.39 Å². The van der Waals surface area contributed by atoms with Gasteiger partial charge in [0.05, 0.1) is 6.61 Å². The van der Waals surface area contributed by atoms with Gasteiger partial charge in [-0.1, -0.05) is 45.2 Å². The molecule has 0 saturated carbocycles. The van der Waals surface area contributed by atoms with Gasteiger partial charge in [0, 0.05) is 12.1 Å². The number of rotatable bonds is 10. The first-order valence-corrected chi connectivity index (χ1v) is 7.40. The molecule has 3 heteroatoms. The summed E-state index contributed by atoms with van der Waals surface area (Å²) in [6.45, 7) is 6.49. The molecule has 0 aliphatic rings. The van der Waals surface area contributed by atoms with E-state index in [0.29, 0.717) is 18.9 Å². The molecule has 0 unspecified atom stereocenters. The summed E-state index contributed by atoms with van der Waals surface area (Å²) in [4.78, 5) is 0. The molecule has 19 heavy (non-hydrogen) atoms. The van der Waals surface area contributed by atoms with Crippen LogP contribution in [-0.2, 0) is 6.54 Å². The second-order valence-electron chi connectivity index (χ2n) is 4.81. The number of halogens is 1. The number of unbranched alkanes of at least 4 members (excludes halogenated alkanes) is 3. The van der Waals surface area contributed by atoms with Crippen LogP contribution in [0.5, 0.6) is 5.75 Å². The molecule has 0 aromatic heterocycles. The van der Waals surface area contributed by atoms with Gasteiger partial charge in [-0.2, -0.15) is 0 Å². The van der Waals surface area contributed by atoms with Crippen molar-refractivity contribution < 1.29 is 9.13 Å². The maximum absolute atomic E-state index is 13.8. The Kier molecular flexibility index (Phi) is 8.23. The highest BCUT2D eigenvalue weighted by atomic mass is 19.1. The zero-order valence-electron chi connectivity index (χ0n) is 12.2. The summed E-state index contributed by atoms with van der Waals surface area (Å²) in [5.41, 5.74) is 0.906. The molecule has 0 aliphatic heterocycles. The smallest absolute Gasteiger partial charge is 0.165 e. The lowest BCUT2D eigenvalue weighted by Crippen LogP contribution is -2.15. The minimum absolute atomic E-state index is 0.258. The third-order valence-corrected chi connectivity index (χ3v) is 3.04. The van der Waals surface area contributed by atoms with Crippen LogP contribution in [0.2, 0.25) is 0 Å². The van der Waals surface area contributed by atoms with E-state index >= 15 is 0 Å².